The zero-order chi connectivity index (χ0) is 12.3. The maximum absolute atomic E-state index is 5.85. The fourth-order valence-corrected chi connectivity index (χ4v) is 1.73. The van der Waals surface area contributed by atoms with Gasteiger partial charge in [0.1, 0.15) is 11.6 Å². The van der Waals surface area contributed by atoms with Gasteiger partial charge in [0.2, 0.25) is 0 Å². The van der Waals surface area contributed by atoms with Gasteiger partial charge in [-0.2, -0.15) is 0 Å². The Morgan fingerprint density at radius 3 is 2.53 bits per heavy atom. The highest BCUT2D eigenvalue weighted by molar-refractivity contribution is 6.30. The van der Waals surface area contributed by atoms with Crippen molar-refractivity contribution in [3.8, 4) is 0 Å². The van der Waals surface area contributed by atoms with Crippen LogP contribution >= 0.6 is 11.6 Å². The van der Waals surface area contributed by atoms with Gasteiger partial charge < -0.3 is 4.90 Å². The molecule has 0 radical (unpaired) electrons. The molecular formula is C13H14ClN3. The molecule has 0 unspecified atom stereocenters. The monoisotopic (exact) mass is 247 g/mol. The van der Waals surface area contributed by atoms with Gasteiger partial charge in [-0.3, -0.25) is 0 Å². The van der Waals surface area contributed by atoms with Crippen molar-refractivity contribution in [3.63, 3.8) is 0 Å². The smallest absolute Gasteiger partial charge is 0.132 e. The van der Waals surface area contributed by atoms with Crippen LogP contribution in [0.25, 0.3) is 0 Å². The Bertz CT molecular complexity index is 496. The lowest BCUT2D eigenvalue weighted by Gasteiger charge is -2.18. The van der Waals surface area contributed by atoms with E-state index in [0.29, 0.717) is 0 Å². The van der Waals surface area contributed by atoms with Crippen LogP contribution in [0.15, 0.2) is 36.5 Å². The number of rotatable bonds is 3. The summed E-state index contributed by atoms with van der Waals surface area (Å²) < 4.78 is 0. The molecule has 0 aliphatic rings. The van der Waals surface area contributed by atoms with E-state index < -0.39 is 0 Å². The molecule has 1 aromatic carbocycles. The highest BCUT2D eigenvalue weighted by Gasteiger charge is 2.03. The fourth-order valence-electron chi connectivity index (χ4n) is 1.60. The Kier molecular flexibility index (Phi) is 3.59. The van der Waals surface area contributed by atoms with Gasteiger partial charge in [0, 0.05) is 24.8 Å². The molecule has 0 saturated carbocycles. The third-order valence-electron chi connectivity index (χ3n) is 2.49. The maximum Gasteiger partial charge on any atom is 0.132 e. The average Bonchev–Trinajstić information content (AvgIpc) is 2.32. The summed E-state index contributed by atoms with van der Waals surface area (Å²) in [6.07, 6.45) is 1.77. The van der Waals surface area contributed by atoms with E-state index >= 15 is 0 Å². The second-order valence-electron chi connectivity index (χ2n) is 3.94. The fraction of sp³-hybridized carbons (Fsp3) is 0.231. The largest absolute Gasteiger partial charge is 0.355 e. The molecule has 2 aromatic rings. The second-order valence-corrected chi connectivity index (χ2v) is 4.38. The van der Waals surface area contributed by atoms with Crippen molar-refractivity contribution in [3.05, 3.63) is 52.9 Å². The molecule has 0 atom stereocenters. The summed E-state index contributed by atoms with van der Waals surface area (Å²) in [5, 5.41) is 0.759. The Hall–Kier alpha value is -1.61. The lowest BCUT2D eigenvalue weighted by atomic mass is 10.2. The van der Waals surface area contributed by atoms with Crippen molar-refractivity contribution < 1.29 is 0 Å². The molecule has 0 fully saturated rings. The minimum Gasteiger partial charge on any atom is -0.355 e. The van der Waals surface area contributed by atoms with Crippen molar-refractivity contribution in [1.29, 1.82) is 0 Å². The quantitative estimate of drug-likeness (QED) is 0.835. The molecule has 0 spiro atoms. The number of anilines is 1. The van der Waals surface area contributed by atoms with Gasteiger partial charge in [-0.1, -0.05) is 23.7 Å². The third-order valence-corrected chi connectivity index (χ3v) is 2.74. The zero-order valence-electron chi connectivity index (χ0n) is 9.89. The van der Waals surface area contributed by atoms with Crippen molar-refractivity contribution in [2.75, 3.05) is 11.9 Å². The SMILES string of the molecule is Cc1nccc(N(C)Cc2ccc(Cl)cc2)n1. The lowest BCUT2D eigenvalue weighted by Crippen LogP contribution is -2.18. The van der Waals surface area contributed by atoms with E-state index in [2.05, 4.69) is 14.9 Å². The number of aromatic nitrogens is 2. The zero-order valence-corrected chi connectivity index (χ0v) is 10.6. The highest BCUT2D eigenvalue weighted by Crippen LogP contribution is 2.14. The first-order chi connectivity index (χ1) is 8.15. The molecule has 0 saturated heterocycles. The van der Waals surface area contributed by atoms with Crippen LogP contribution in [0.4, 0.5) is 5.82 Å². The van der Waals surface area contributed by atoms with Gasteiger partial charge in [-0.25, -0.2) is 9.97 Å². The predicted molar refractivity (Wildman–Crippen MR) is 70.3 cm³/mol. The first-order valence-corrected chi connectivity index (χ1v) is 5.78. The van der Waals surface area contributed by atoms with E-state index in [0.717, 1.165) is 23.2 Å². The predicted octanol–water partition coefficient (Wildman–Crippen LogP) is 3.07. The Morgan fingerprint density at radius 1 is 1.18 bits per heavy atom. The Morgan fingerprint density at radius 2 is 1.88 bits per heavy atom. The van der Waals surface area contributed by atoms with Gasteiger partial charge in [-0.15, -0.1) is 0 Å². The van der Waals surface area contributed by atoms with Gasteiger partial charge in [-0.05, 0) is 30.7 Å². The molecule has 0 aliphatic carbocycles. The van der Waals surface area contributed by atoms with Gasteiger partial charge in [0.15, 0.2) is 0 Å². The molecule has 1 heterocycles. The van der Waals surface area contributed by atoms with Crippen LogP contribution in [0.5, 0.6) is 0 Å². The number of nitrogens with zero attached hydrogens (tertiary/aromatic N) is 3. The van der Waals surface area contributed by atoms with E-state index in [1.54, 1.807) is 6.20 Å². The Labute approximate surface area is 106 Å². The van der Waals surface area contributed by atoms with Crippen LogP contribution in [0.1, 0.15) is 11.4 Å². The van der Waals surface area contributed by atoms with E-state index in [1.165, 1.54) is 5.56 Å². The lowest BCUT2D eigenvalue weighted by molar-refractivity contribution is 0.879. The van der Waals surface area contributed by atoms with Crippen molar-refractivity contribution >= 4 is 17.4 Å². The van der Waals surface area contributed by atoms with E-state index in [-0.39, 0.29) is 0 Å². The molecule has 17 heavy (non-hydrogen) atoms. The van der Waals surface area contributed by atoms with Crippen molar-refractivity contribution in [2.24, 2.45) is 0 Å². The van der Waals surface area contributed by atoms with Crippen molar-refractivity contribution in [2.45, 2.75) is 13.5 Å². The van der Waals surface area contributed by atoms with Crippen LogP contribution in [-0.4, -0.2) is 17.0 Å². The standard InChI is InChI=1S/C13H14ClN3/c1-10-15-8-7-13(16-10)17(2)9-11-3-5-12(14)6-4-11/h3-8H,9H2,1-2H3. The molecule has 0 amide bonds. The molecule has 4 heteroatoms. The molecule has 0 bridgehead atoms. The summed E-state index contributed by atoms with van der Waals surface area (Å²) in [7, 11) is 2.01. The average molecular weight is 248 g/mol. The summed E-state index contributed by atoms with van der Waals surface area (Å²) in [4.78, 5) is 10.5. The highest BCUT2D eigenvalue weighted by atomic mass is 35.5. The minimum absolute atomic E-state index is 0.759. The first-order valence-electron chi connectivity index (χ1n) is 5.40. The van der Waals surface area contributed by atoms with Gasteiger partial charge in [0.25, 0.3) is 0 Å². The molecule has 3 nitrogen and oxygen atoms in total. The first kappa shape index (κ1) is 11.9. The molecule has 0 N–H and O–H groups in total. The second kappa shape index (κ2) is 5.15. The summed E-state index contributed by atoms with van der Waals surface area (Å²) in [5.74, 6) is 1.71. The van der Waals surface area contributed by atoms with Crippen LogP contribution in [0, 0.1) is 6.92 Å². The number of benzene rings is 1. The van der Waals surface area contributed by atoms with Crippen molar-refractivity contribution in [1.82, 2.24) is 9.97 Å². The summed E-state index contributed by atoms with van der Waals surface area (Å²) in [6.45, 7) is 2.69. The topological polar surface area (TPSA) is 29.0 Å². The van der Waals surface area contributed by atoms with Gasteiger partial charge >= 0.3 is 0 Å². The van der Waals surface area contributed by atoms with Gasteiger partial charge in [0.05, 0.1) is 0 Å². The molecule has 0 aliphatic heterocycles. The number of hydrogen-bond acceptors (Lipinski definition) is 3. The van der Waals surface area contributed by atoms with E-state index in [9.17, 15) is 0 Å². The maximum atomic E-state index is 5.85. The van der Waals surface area contributed by atoms with Crippen LogP contribution in [0.3, 0.4) is 0 Å². The number of halogens is 1. The third kappa shape index (κ3) is 3.17. The molecule has 2 rings (SSSR count). The van der Waals surface area contributed by atoms with E-state index in [1.807, 2.05) is 44.3 Å². The van der Waals surface area contributed by atoms with Crippen LogP contribution in [0.2, 0.25) is 5.02 Å². The summed E-state index contributed by atoms with van der Waals surface area (Å²) in [6, 6.07) is 9.74. The normalized spacial score (nSPS) is 10.3. The van der Waals surface area contributed by atoms with Crippen LogP contribution in [-0.2, 0) is 6.54 Å². The number of aryl methyl sites for hydroxylation is 1. The summed E-state index contributed by atoms with van der Waals surface area (Å²) >= 11 is 5.85. The summed E-state index contributed by atoms with van der Waals surface area (Å²) in [5.41, 5.74) is 1.20. The van der Waals surface area contributed by atoms with E-state index in [4.69, 9.17) is 11.6 Å². The van der Waals surface area contributed by atoms with Crippen LogP contribution < -0.4 is 4.90 Å². The Balaban J connectivity index is 2.11. The molecule has 1 aromatic heterocycles. The molecule has 88 valence electrons. The molecular weight excluding hydrogens is 234 g/mol. The number of hydrogen-bond donors (Lipinski definition) is 0. The minimum atomic E-state index is 0.759.